The average molecular weight is 494 g/mol. The Balaban J connectivity index is 1.41. The second-order valence-electron chi connectivity index (χ2n) is 8.45. The zero-order valence-corrected chi connectivity index (χ0v) is 21.2. The molecule has 0 saturated carbocycles. The normalized spacial score (nSPS) is 14.0. The second-order valence-corrected chi connectivity index (χ2v) is 9.33. The fraction of sp³-hybridized carbons (Fsp3) is 0.333. The lowest BCUT2D eigenvalue weighted by Gasteiger charge is -2.35. The zero-order chi connectivity index (χ0) is 24.8. The van der Waals surface area contributed by atoms with Crippen molar-refractivity contribution in [3.8, 4) is 16.9 Å². The highest BCUT2D eigenvalue weighted by Gasteiger charge is 2.24. The minimum Gasteiger partial charge on any atom is -0.497 e. The van der Waals surface area contributed by atoms with E-state index in [9.17, 15) is 9.59 Å². The molecule has 1 saturated heterocycles. The second kappa shape index (κ2) is 11.4. The van der Waals surface area contributed by atoms with Crippen molar-refractivity contribution in [1.29, 1.82) is 0 Å². The summed E-state index contributed by atoms with van der Waals surface area (Å²) in [5.74, 6) is 0.275. The fourth-order valence-electron chi connectivity index (χ4n) is 4.14. The number of nitrogens with zero attached hydrogens (tertiary/aromatic N) is 2. The van der Waals surface area contributed by atoms with Gasteiger partial charge in [0, 0.05) is 48.9 Å². The molecule has 3 aromatic rings. The molecule has 8 heteroatoms. The number of rotatable bonds is 8. The fourth-order valence-corrected chi connectivity index (χ4v) is 5.12. The Morgan fingerprint density at radius 1 is 1.06 bits per heavy atom. The number of ether oxygens (including phenoxy) is 2. The first kappa shape index (κ1) is 24.8. The standard InChI is InChI=1S/C27H31N3O4S/c1-4-34-27(32)25-23(20-10-8-19(2)9-11-20)18-35-26(25)28-24(31)17-29-12-14-30(15-13-29)21-6-5-7-22(16-21)33-3/h5-11,16,18H,4,12-15,17H2,1-3H3,(H,28,31). The molecular weight excluding hydrogens is 462 g/mol. The maximum atomic E-state index is 12.9. The smallest absolute Gasteiger partial charge is 0.341 e. The van der Waals surface area contributed by atoms with Crippen LogP contribution in [0.1, 0.15) is 22.8 Å². The SMILES string of the molecule is CCOC(=O)c1c(-c2ccc(C)cc2)csc1NC(=O)CN1CCN(c2cccc(OC)c2)CC1. The topological polar surface area (TPSA) is 71.1 Å². The van der Waals surface area contributed by atoms with Crippen LogP contribution in [0, 0.1) is 6.92 Å². The van der Waals surface area contributed by atoms with E-state index in [1.165, 1.54) is 11.3 Å². The van der Waals surface area contributed by atoms with Gasteiger partial charge in [0.1, 0.15) is 16.3 Å². The van der Waals surface area contributed by atoms with Crippen molar-refractivity contribution >= 4 is 33.9 Å². The van der Waals surface area contributed by atoms with Crippen LogP contribution in [0.3, 0.4) is 0 Å². The number of aryl methyl sites for hydroxylation is 1. The van der Waals surface area contributed by atoms with E-state index >= 15 is 0 Å². The van der Waals surface area contributed by atoms with Crippen molar-refractivity contribution < 1.29 is 19.1 Å². The van der Waals surface area contributed by atoms with Crippen molar-refractivity contribution in [1.82, 2.24) is 4.90 Å². The third-order valence-corrected chi connectivity index (χ3v) is 6.94. The number of benzene rings is 2. The summed E-state index contributed by atoms with van der Waals surface area (Å²) in [7, 11) is 1.67. The molecule has 0 spiro atoms. The van der Waals surface area contributed by atoms with Crippen LogP contribution in [0.2, 0.25) is 0 Å². The van der Waals surface area contributed by atoms with E-state index in [4.69, 9.17) is 9.47 Å². The van der Waals surface area contributed by atoms with Gasteiger partial charge < -0.3 is 19.7 Å². The van der Waals surface area contributed by atoms with Gasteiger partial charge >= 0.3 is 5.97 Å². The molecule has 1 fully saturated rings. The Morgan fingerprint density at radius 2 is 1.80 bits per heavy atom. The number of carbonyl (C=O) groups excluding carboxylic acids is 2. The molecule has 1 aromatic heterocycles. The number of methoxy groups -OCH3 is 1. The Bertz CT molecular complexity index is 1170. The molecule has 0 bridgehead atoms. The molecule has 0 unspecified atom stereocenters. The summed E-state index contributed by atoms with van der Waals surface area (Å²) in [6, 6.07) is 16.0. The van der Waals surface area contributed by atoms with Gasteiger partial charge in [0.2, 0.25) is 5.91 Å². The van der Waals surface area contributed by atoms with Crippen LogP contribution in [0.25, 0.3) is 11.1 Å². The molecule has 1 N–H and O–H groups in total. The number of esters is 1. The quantitative estimate of drug-likeness (QED) is 0.460. The highest BCUT2D eigenvalue weighted by Crippen LogP contribution is 2.36. The molecule has 2 heterocycles. The molecule has 0 atom stereocenters. The van der Waals surface area contributed by atoms with E-state index < -0.39 is 5.97 Å². The highest BCUT2D eigenvalue weighted by molar-refractivity contribution is 7.15. The molecule has 1 aliphatic heterocycles. The number of piperazine rings is 1. The monoisotopic (exact) mass is 493 g/mol. The molecule has 35 heavy (non-hydrogen) atoms. The van der Waals surface area contributed by atoms with E-state index in [1.54, 1.807) is 14.0 Å². The average Bonchev–Trinajstić information content (AvgIpc) is 3.28. The van der Waals surface area contributed by atoms with Crippen molar-refractivity contribution in [3.05, 3.63) is 65.0 Å². The number of anilines is 2. The predicted molar refractivity (Wildman–Crippen MR) is 141 cm³/mol. The van der Waals surface area contributed by atoms with Gasteiger partial charge in [0.15, 0.2) is 0 Å². The largest absolute Gasteiger partial charge is 0.497 e. The van der Waals surface area contributed by atoms with Crippen LogP contribution in [-0.2, 0) is 9.53 Å². The number of thiophene rings is 1. The number of hydrogen-bond acceptors (Lipinski definition) is 7. The van der Waals surface area contributed by atoms with E-state index in [-0.39, 0.29) is 19.1 Å². The Morgan fingerprint density at radius 3 is 2.49 bits per heavy atom. The van der Waals surface area contributed by atoms with Gasteiger partial charge in [0.25, 0.3) is 0 Å². The van der Waals surface area contributed by atoms with Crippen LogP contribution >= 0.6 is 11.3 Å². The molecule has 4 rings (SSSR count). The van der Waals surface area contributed by atoms with Gasteiger partial charge in [-0.25, -0.2) is 4.79 Å². The number of carbonyl (C=O) groups is 2. The van der Waals surface area contributed by atoms with Crippen LogP contribution in [0.4, 0.5) is 10.7 Å². The van der Waals surface area contributed by atoms with E-state index in [0.717, 1.165) is 54.3 Å². The van der Waals surface area contributed by atoms with Gasteiger partial charge in [-0.05, 0) is 31.5 Å². The van der Waals surface area contributed by atoms with Crippen molar-refractivity contribution in [2.24, 2.45) is 0 Å². The number of hydrogen-bond donors (Lipinski definition) is 1. The first-order valence-corrected chi connectivity index (χ1v) is 12.6. The number of nitrogens with one attached hydrogen (secondary N) is 1. The Hall–Kier alpha value is -3.36. The Labute approximate surface area is 210 Å². The molecule has 184 valence electrons. The maximum Gasteiger partial charge on any atom is 0.341 e. The molecule has 0 aliphatic carbocycles. The highest BCUT2D eigenvalue weighted by atomic mass is 32.1. The first-order valence-electron chi connectivity index (χ1n) is 11.8. The summed E-state index contributed by atoms with van der Waals surface area (Å²) in [6.07, 6.45) is 0. The van der Waals surface area contributed by atoms with Gasteiger partial charge in [-0.3, -0.25) is 9.69 Å². The minimum absolute atomic E-state index is 0.136. The molecule has 7 nitrogen and oxygen atoms in total. The zero-order valence-electron chi connectivity index (χ0n) is 20.4. The molecule has 1 amide bonds. The summed E-state index contributed by atoms with van der Waals surface area (Å²) in [5.41, 5.74) is 4.37. The first-order chi connectivity index (χ1) is 17.0. The van der Waals surface area contributed by atoms with Crippen molar-refractivity contribution in [2.45, 2.75) is 13.8 Å². The molecular formula is C27H31N3O4S. The lowest BCUT2D eigenvalue weighted by molar-refractivity contribution is -0.117. The van der Waals surface area contributed by atoms with E-state index in [0.29, 0.717) is 10.6 Å². The maximum absolute atomic E-state index is 12.9. The predicted octanol–water partition coefficient (Wildman–Crippen LogP) is 4.67. The van der Waals surface area contributed by atoms with E-state index in [2.05, 4.69) is 21.2 Å². The minimum atomic E-state index is -0.425. The summed E-state index contributed by atoms with van der Waals surface area (Å²) >= 11 is 1.35. The summed E-state index contributed by atoms with van der Waals surface area (Å²) < 4.78 is 10.6. The van der Waals surface area contributed by atoms with Crippen LogP contribution in [0.15, 0.2) is 53.9 Å². The van der Waals surface area contributed by atoms with Crippen LogP contribution < -0.4 is 15.0 Å². The summed E-state index contributed by atoms with van der Waals surface area (Å²) in [5, 5.41) is 5.39. The van der Waals surface area contributed by atoms with Gasteiger partial charge in [-0.15, -0.1) is 11.3 Å². The lowest BCUT2D eigenvalue weighted by Crippen LogP contribution is -2.48. The van der Waals surface area contributed by atoms with Crippen molar-refractivity contribution in [3.63, 3.8) is 0 Å². The molecule has 2 aromatic carbocycles. The Kier molecular flexibility index (Phi) is 8.05. The van der Waals surface area contributed by atoms with Gasteiger partial charge in [-0.2, -0.15) is 0 Å². The van der Waals surface area contributed by atoms with E-state index in [1.807, 2.05) is 54.8 Å². The van der Waals surface area contributed by atoms with Gasteiger partial charge in [0.05, 0.1) is 20.3 Å². The van der Waals surface area contributed by atoms with Gasteiger partial charge in [-0.1, -0.05) is 35.9 Å². The van der Waals surface area contributed by atoms with Crippen molar-refractivity contribution in [2.75, 3.05) is 56.7 Å². The van der Waals surface area contributed by atoms with Crippen LogP contribution in [0.5, 0.6) is 5.75 Å². The summed E-state index contributed by atoms with van der Waals surface area (Å²) in [6.45, 7) is 7.53. The third kappa shape index (κ3) is 6.01. The third-order valence-electron chi connectivity index (χ3n) is 6.04. The van der Waals surface area contributed by atoms with Crippen LogP contribution in [-0.4, -0.2) is 63.2 Å². The lowest BCUT2D eigenvalue weighted by atomic mass is 10.0. The number of amides is 1. The summed E-state index contributed by atoms with van der Waals surface area (Å²) in [4.78, 5) is 30.1. The molecule has 0 radical (unpaired) electrons. The molecule has 1 aliphatic rings.